The maximum absolute atomic E-state index is 12.3. The summed E-state index contributed by atoms with van der Waals surface area (Å²) in [5, 5.41) is 12.2. The normalized spacial score (nSPS) is 16.2. The number of nitrogens with zero attached hydrogens (tertiary/aromatic N) is 1. The standard InChI is InChI=1S/C27H28N2O2/c1-18(2)29-27(30)24(16-28)15-23-14-19(3)26(20(23)4)22-10-12-25(13-11-22)31-17-21-8-6-5-7-9-21/h5-15,18,26H,17H2,1-4H3,(H,29,30)/b24-15-/t26-/m0/s1. The number of carbonyl (C=O) groups is 1. The minimum absolute atomic E-state index is 0.0180. The molecule has 1 aliphatic carbocycles. The highest BCUT2D eigenvalue weighted by molar-refractivity contribution is 5.98. The largest absolute Gasteiger partial charge is 0.489 e. The molecular weight excluding hydrogens is 384 g/mol. The van der Waals surface area contributed by atoms with Crippen LogP contribution < -0.4 is 10.1 Å². The zero-order chi connectivity index (χ0) is 22.4. The average molecular weight is 413 g/mol. The van der Waals surface area contributed by atoms with Crippen LogP contribution >= 0.6 is 0 Å². The van der Waals surface area contributed by atoms with Crippen LogP contribution in [0, 0.1) is 11.3 Å². The topological polar surface area (TPSA) is 62.1 Å². The van der Waals surface area contributed by atoms with E-state index in [2.05, 4.69) is 37.4 Å². The molecule has 4 heteroatoms. The molecule has 1 N–H and O–H groups in total. The minimum Gasteiger partial charge on any atom is -0.489 e. The Bertz CT molecular complexity index is 1070. The number of carbonyl (C=O) groups excluding carboxylic acids is 1. The molecule has 0 aliphatic heterocycles. The summed E-state index contributed by atoms with van der Waals surface area (Å²) in [5.41, 5.74) is 5.64. The highest BCUT2D eigenvalue weighted by Crippen LogP contribution is 2.40. The van der Waals surface area contributed by atoms with E-state index in [4.69, 9.17) is 4.74 Å². The van der Waals surface area contributed by atoms with Gasteiger partial charge in [-0.1, -0.05) is 59.7 Å². The molecule has 2 aromatic carbocycles. The van der Waals surface area contributed by atoms with Crippen molar-refractivity contribution in [1.29, 1.82) is 5.26 Å². The summed E-state index contributed by atoms with van der Waals surface area (Å²) in [6, 6.07) is 20.2. The molecule has 0 heterocycles. The van der Waals surface area contributed by atoms with Gasteiger partial charge in [-0.25, -0.2) is 0 Å². The van der Waals surface area contributed by atoms with E-state index in [1.54, 1.807) is 6.08 Å². The van der Waals surface area contributed by atoms with Crippen LogP contribution in [0.1, 0.15) is 44.7 Å². The lowest BCUT2D eigenvalue weighted by Crippen LogP contribution is -2.31. The fraction of sp³-hybridized carbons (Fsp3) is 0.259. The SMILES string of the molecule is CC1=CC(/C=C(/C#N)C(=O)NC(C)C)=C(C)[C@H]1c1ccc(OCc2ccccc2)cc1. The minimum atomic E-state index is -0.341. The Labute approximate surface area is 184 Å². The van der Waals surface area contributed by atoms with Crippen LogP contribution in [0.25, 0.3) is 0 Å². The Morgan fingerprint density at radius 2 is 1.81 bits per heavy atom. The van der Waals surface area contributed by atoms with Crippen LogP contribution in [0.5, 0.6) is 5.75 Å². The molecule has 4 nitrogen and oxygen atoms in total. The molecule has 1 atom stereocenters. The second kappa shape index (κ2) is 9.95. The second-order valence-electron chi connectivity index (χ2n) is 8.10. The lowest BCUT2D eigenvalue weighted by Gasteiger charge is -2.16. The highest BCUT2D eigenvalue weighted by Gasteiger charge is 2.24. The zero-order valence-corrected chi connectivity index (χ0v) is 18.5. The lowest BCUT2D eigenvalue weighted by atomic mass is 9.89. The maximum atomic E-state index is 12.3. The molecular formula is C27H28N2O2. The molecule has 158 valence electrons. The fourth-order valence-electron chi connectivity index (χ4n) is 3.76. The van der Waals surface area contributed by atoms with Crippen LogP contribution in [0.15, 0.2) is 89.0 Å². The van der Waals surface area contributed by atoms with E-state index in [9.17, 15) is 10.1 Å². The van der Waals surface area contributed by atoms with Gasteiger partial charge in [-0.05, 0) is 62.6 Å². The summed E-state index contributed by atoms with van der Waals surface area (Å²) in [5.74, 6) is 0.612. The van der Waals surface area contributed by atoms with Crippen molar-refractivity contribution in [1.82, 2.24) is 5.32 Å². The third kappa shape index (κ3) is 5.52. The van der Waals surface area contributed by atoms with Crippen molar-refractivity contribution in [3.63, 3.8) is 0 Å². The summed E-state index contributed by atoms with van der Waals surface area (Å²) in [6.45, 7) is 8.42. The Balaban J connectivity index is 1.76. The molecule has 1 aliphatic rings. The zero-order valence-electron chi connectivity index (χ0n) is 18.5. The number of amides is 1. The summed E-state index contributed by atoms with van der Waals surface area (Å²) >= 11 is 0. The molecule has 0 spiro atoms. The second-order valence-corrected chi connectivity index (χ2v) is 8.10. The summed E-state index contributed by atoms with van der Waals surface area (Å²) in [4.78, 5) is 12.3. The molecule has 0 fully saturated rings. The number of nitriles is 1. The van der Waals surface area contributed by atoms with E-state index >= 15 is 0 Å². The van der Waals surface area contributed by atoms with E-state index in [0.29, 0.717) is 6.61 Å². The van der Waals surface area contributed by atoms with Gasteiger partial charge in [-0.3, -0.25) is 4.79 Å². The van der Waals surface area contributed by atoms with Gasteiger partial charge in [0.2, 0.25) is 0 Å². The predicted molar refractivity (Wildman–Crippen MR) is 123 cm³/mol. The molecule has 3 rings (SSSR count). The van der Waals surface area contributed by atoms with Crippen molar-refractivity contribution in [3.8, 4) is 11.8 Å². The third-order valence-corrected chi connectivity index (χ3v) is 5.27. The first-order valence-corrected chi connectivity index (χ1v) is 10.5. The molecule has 2 aromatic rings. The Morgan fingerprint density at radius 3 is 2.42 bits per heavy atom. The first-order valence-electron chi connectivity index (χ1n) is 10.5. The van der Waals surface area contributed by atoms with Crippen molar-refractivity contribution in [3.05, 3.63) is 100 Å². The predicted octanol–water partition coefficient (Wildman–Crippen LogP) is 5.60. The van der Waals surface area contributed by atoms with E-state index in [1.807, 2.05) is 62.4 Å². The number of benzene rings is 2. The van der Waals surface area contributed by atoms with Gasteiger partial charge in [-0.15, -0.1) is 0 Å². The van der Waals surface area contributed by atoms with Crippen LogP contribution in [0.3, 0.4) is 0 Å². The van der Waals surface area contributed by atoms with Crippen LogP contribution in [-0.4, -0.2) is 11.9 Å². The molecule has 0 saturated carbocycles. The smallest absolute Gasteiger partial charge is 0.262 e. The van der Waals surface area contributed by atoms with Gasteiger partial charge in [-0.2, -0.15) is 5.26 Å². The molecule has 0 unspecified atom stereocenters. The van der Waals surface area contributed by atoms with E-state index in [1.165, 1.54) is 5.57 Å². The summed E-state index contributed by atoms with van der Waals surface area (Å²) < 4.78 is 5.89. The highest BCUT2D eigenvalue weighted by atomic mass is 16.5. The van der Waals surface area contributed by atoms with Crippen molar-refractivity contribution >= 4 is 5.91 Å². The summed E-state index contributed by atoms with van der Waals surface area (Å²) in [7, 11) is 0. The van der Waals surface area contributed by atoms with Gasteiger partial charge in [0, 0.05) is 12.0 Å². The number of hydrogen-bond donors (Lipinski definition) is 1. The Hall–Kier alpha value is -3.58. The average Bonchev–Trinajstić information content (AvgIpc) is 3.04. The molecule has 0 bridgehead atoms. The van der Waals surface area contributed by atoms with Gasteiger partial charge < -0.3 is 10.1 Å². The molecule has 1 amide bonds. The fourth-order valence-corrected chi connectivity index (χ4v) is 3.76. The number of allylic oxidation sites excluding steroid dienone is 5. The number of rotatable bonds is 7. The molecule has 31 heavy (non-hydrogen) atoms. The summed E-state index contributed by atoms with van der Waals surface area (Å²) in [6.07, 6.45) is 3.74. The molecule has 0 radical (unpaired) electrons. The number of ether oxygens (including phenoxy) is 1. The van der Waals surface area contributed by atoms with Crippen LogP contribution in [0.4, 0.5) is 0 Å². The van der Waals surface area contributed by atoms with Crippen molar-refractivity contribution in [2.75, 3.05) is 0 Å². The molecule has 0 saturated heterocycles. The first kappa shape index (κ1) is 22.1. The lowest BCUT2D eigenvalue weighted by molar-refractivity contribution is -0.117. The van der Waals surface area contributed by atoms with Crippen LogP contribution in [-0.2, 0) is 11.4 Å². The van der Waals surface area contributed by atoms with Crippen LogP contribution in [0.2, 0.25) is 0 Å². The number of nitrogens with one attached hydrogen (secondary N) is 1. The van der Waals surface area contributed by atoms with Crippen molar-refractivity contribution in [2.45, 2.75) is 46.3 Å². The van der Waals surface area contributed by atoms with E-state index in [0.717, 1.165) is 28.0 Å². The number of hydrogen-bond acceptors (Lipinski definition) is 3. The van der Waals surface area contributed by atoms with Crippen molar-refractivity contribution in [2.24, 2.45) is 0 Å². The van der Waals surface area contributed by atoms with Gasteiger partial charge in [0.25, 0.3) is 5.91 Å². The Kier molecular flexibility index (Phi) is 7.10. The quantitative estimate of drug-likeness (QED) is 0.476. The van der Waals surface area contributed by atoms with Gasteiger partial charge in [0.1, 0.15) is 24.0 Å². The van der Waals surface area contributed by atoms with E-state index in [-0.39, 0.29) is 23.4 Å². The molecule has 0 aromatic heterocycles. The van der Waals surface area contributed by atoms with Crippen molar-refractivity contribution < 1.29 is 9.53 Å². The monoisotopic (exact) mass is 412 g/mol. The first-order chi connectivity index (χ1) is 14.9. The maximum Gasteiger partial charge on any atom is 0.262 e. The van der Waals surface area contributed by atoms with Gasteiger partial charge in [0.15, 0.2) is 0 Å². The van der Waals surface area contributed by atoms with Gasteiger partial charge in [0.05, 0.1) is 0 Å². The third-order valence-electron chi connectivity index (χ3n) is 5.27. The Morgan fingerprint density at radius 1 is 1.13 bits per heavy atom. The van der Waals surface area contributed by atoms with Gasteiger partial charge >= 0.3 is 0 Å². The van der Waals surface area contributed by atoms with E-state index < -0.39 is 0 Å².